The van der Waals surface area contributed by atoms with Crippen molar-refractivity contribution >= 4 is 45.2 Å². The third kappa shape index (κ3) is 5.25. The van der Waals surface area contributed by atoms with Crippen molar-refractivity contribution in [3.8, 4) is 28.1 Å². The van der Waals surface area contributed by atoms with E-state index in [0.717, 1.165) is 67.6 Å². The Morgan fingerprint density at radius 1 is 0.646 bits per heavy atom. The zero-order valence-corrected chi connectivity index (χ0v) is 29.4. The van der Waals surface area contributed by atoms with Gasteiger partial charge in [0.05, 0.1) is 11.4 Å². The predicted octanol–water partition coefficient (Wildman–Crippen LogP) is 11.0. The third-order valence-electron chi connectivity index (χ3n) is 8.92. The SMILES string of the molecule is Cc1ccnc(N2c3[c-]c(-c4ccc5c(-c6ccccc6)ccc(O)c5n4)ccc3N(c3c(C)cc(C)cc3C)c3ccccc32)c1.[Pt]. The Bertz CT molecular complexity index is 2310. The van der Waals surface area contributed by atoms with Gasteiger partial charge in [-0.05, 0) is 109 Å². The van der Waals surface area contributed by atoms with Gasteiger partial charge in [0, 0.05) is 38.3 Å². The summed E-state index contributed by atoms with van der Waals surface area (Å²) in [4.78, 5) is 14.4. The number of hydrogen-bond donors (Lipinski definition) is 1. The minimum absolute atomic E-state index is 0. The van der Waals surface area contributed by atoms with E-state index >= 15 is 0 Å². The van der Waals surface area contributed by atoms with Crippen molar-refractivity contribution < 1.29 is 26.2 Å². The van der Waals surface area contributed by atoms with Crippen molar-refractivity contribution in [2.75, 3.05) is 9.80 Å². The molecule has 0 atom stereocenters. The molecule has 238 valence electrons. The largest absolute Gasteiger partial charge is 0.506 e. The number of phenols is 1. The van der Waals surface area contributed by atoms with E-state index in [1.54, 1.807) is 6.07 Å². The molecule has 6 heteroatoms. The first-order valence-corrected chi connectivity index (χ1v) is 15.8. The zero-order valence-electron chi connectivity index (χ0n) is 27.1. The minimum atomic E-state index is 0. The summed E-state index contributed by atoms with van der Waals surface area (Å²) in [5.74, 6) is 0.969. The second-order valence-corrected chi connectivity index (χ2v) is 12.3. The molecule has 0 aliphatic carbocycles. The van der Waals surface area contributed by atoms with E-state index in [0.29, 0.717) is 5.52 Å². The molecular formula is C42H33N4OPt-. The van der Waals surface area contributed by atoms with Crippen molar-refractivity contribution in [2.24, 2.45) is 0 Å². The molecule has 5 nitrogen and oxygen atoms in total. The van der Waals surface area contributed by atoms with Crippen molar-refractivity contribution in [3.63, 3.8) is 0 Å². The fraction of sp³-hybridized carbons (Fsp3) is 0.0952. The maximum atomic E-state index is 11.0. The van der Waals surface area contributed by atoms with Crippen LogP contribution in [0.1, 0.15) is 22.3 Å². The number of aromatic hydroxyl groups is 1. The van der Waals surface area contributed by atoms with Crippen LogP contribution in [-0.4, -0.2) is 15.1 Å². The summed E-state index contributed by atoms with van der Waals surface area (Å²) in [6.07, 6.45) is 1.86. The van der Waals surface area contributed by atoms with Gasteiger partial charge in [-0.1, -0.05) is 72.3 Å². The third-order valence-corrected chi connectivity index (χ3v) is 8.92. The first kappa shape index (κ1) is 31.4. The van der Waals surface area contributed by atoms with Gasteiger partial charge in [0.2, 0.25) is 0 Å². The smallest absolute Gasteiger partial charge is 0.140 e. The van der Waals surface area contributed by atoms with Crippen molar-refractivity contribution in [1.29, 1.82) is 0 Å². The predicted molar refractivity (Wildman–Crippen MR) is 193 cm³/mol. The van der Waals surface area contributed by atoms with Gasteiger partial charge < -0.3 is 14.9 Å². The van der Waals surface area contributed by atoms with Crippen LogP contribution in [0.2, 0.25) is 0 Å². The van der Waals surface area contributed by atoms with E-state index in [1.807, 2.05) is 48.7 Å². The average molecular weight is 805 g/mol. The maximum Gasteiger partial charge on any atom is 0.140 e. The second kappa shape index (κ2) is 12.4. The van der Waals surface area contributed by atoms with Gasteiger partial charge in [-0.2, -0.15) is 0 Å². The zero-order chi connectivity index (χ0) is 32.2. The Balaban J connectivity index is 0.00000364. The van der Waals surface area contributed by atoms with Crippen LogP contribution in [0.4, 0.5) is 34.3 Å². The Hall–Kier alpha value is -5.25. The van der Waals surface area contributed by atoms with E-state index < -0.39 is 0 Å². The van der Waals surface area contributed by atoms with Crippen LogP contribution >= 0.6 is 0 Å². The molecular weight excluding hydrogens is 772 g/mol. The molecule has 48 heavy (non-hydrogen) atoms. The van der Waals surface area contributed by atoms with Gasteiger partial charge in [0.25, 0.3) is 0 Å². The van der Waals surface area contributed by atoms with Crippen LogP contribution in [0.5, 0.6) is 5.75 Å². The van der Waals surface area contributed by atoms with E-state index in [4.69, 9.17) is 9.97 Å². The van der Waals surface area contributed by atoms with E-state index in [9.17, 15) is 5.11 Å². The molecule has 3 heterocycles. The van der Waals surface area contributed by atoms with Gasteiger partial charge in [-0.15, -0.1) is 23.8 Å². The molecule has 0 saturated heterocycles. The standard InChI is InChI=1S/C42H33N4O.Pt/c1-26-20-21-43-40(24-26)45-35-12-8-9-13-36(35)46(42-28(3)22-27(2)23-29(42)4)37-18-14-31(25-38(37)45)34-17-15-33-32(30-10-6-5-7-11-30)16-19-39(47)41(33)44-34;/h5-24,47H,1-4H3;/q-1;. The molecule has 1 N–H and O–H groups in total. The molecule has 1 aliphatic rings. The number of anilines is 6. The maximum absolute atomic E-state index is 11.0. The number of fused-ring (bicyclic) bond motifs is 3. The number of pyridine rings is 2. The first-order valence-electron chi connectivity index (χ1n) is 15.8. The van der Waals surface area contributed by atoms with Crippen LogP contribution < -0.4 is 9.80 Å². The van der Waals surface area contributed by atoms with Gasteiger partial charge in [-0.3, -0.25) is 4.98 Å². The first-order chi connectivity index (χ1) is 22.9. The molecule has 0 unspecified atom stereocenters. The van der Waals surface area contributed by atoms with E-state index in [-0.39, 0.29) is 26.8 Å². The number of hydrogen-bond acceptors (Lipinski definition) is 5. The quantitative estimate of drug-likeness (QED) is 0.180. The second-order valence-electron chi connectivity index (χ2n) is 12.3. The molecule has 8 rings (SSSR count). The van der Waals surface area contributed by atoms with Gasteiger partial charge in [0.1, 0.15) is 17.1 Å². The molecule has 0 fully saturated rings. The van der Waals surface area contributed by atoms with Crippen molar-refractivity contribution in [3.05, 3.63) is 150 Å². The van der Waals surface area contributed by atoms with Crippen molar-refractivity contribution in [1.82, 2.24) is 9.97 Å². The number of aryl methyl sites for hydroxylation is 4. The molecule has 0 radical (unpaired) electrons. The average Bonchev–Trinajstić information content (AvgIpc) is 3.08. The van der Waals surface area contributed by atoms with E-state index in [1.165, 1.54) is 16.7 Å². The summed E-state index contributed by atoms with van der Waals surface area (Å²) in [7, 11) is 0. The van der Waals surface area contributed by atoms with Crippen LogP contribution in [0, 0.1) is 33.8 Å². The molecule has 1 aliphatic heterocycles. The van der Waals surface area contributed by atoms with Gasteiger partial charge in [0.15, 0.2) is 0 Å². The fourth-order valence-electron chi connectivity index (χ4n) is 6.94. The van der Waals surface area contributed by atoms with Gasteiger partial charge >= 0.3 is 0 Å². The van der Waals surface area contributed by atoms with Crippen molar-refractivity contribution in [2.45, 2.75) is 27.7 Å². The van der Waals surface area contributed by atoms with Crippen LogP contribution in [-0.2, 0) is 21.1 Å². The summed E-state index contributed by atoms with van der Waals surface area (Å²) < 4.78 is 0. The molecule has 7 aromatic rings. The van der Waals surface area contributed by atoms with Crippen LogP contribution in [0.15, 0.2) is 121 Å². The Morgan fingerprint density at radius 2 is 1.35 bits per heavy atom. The molecule has 0 spiro atoms. The van der Waals surface area contributed by atoms with Crippen LogP contribution in [0.3, 0.4) is 0 Å². The fourth-order valence-corrected chi connectivity index (χ4v) is 6.94. The van der Waals surface area contributed by atoms with Gasteiger partial charge in [-0.25, -0.2) is 4.98 Å². The number of aromatic nitrogens is 2. The van der Waals surface area contributed by atoms with Crippen LogP contribution in [0.25, 0.3) is 33.3 Å². The summed E-state index contributed by atoms with van der Waals surface area (Å²) in [5.41, 5.74) is 14.1. The Kier molecular flexibility index (Phi) is 8.10. The Labute approximate surface area is 295 Å². The summed E-state index contributed by atoms with van der Waals surface area (Å²) in [6, 6.07) is 43.0. The topological polar surface area (TPSA) is 52.5 Å². The molecule has 5 aromatic carbocycles. The number of para-hydroxylation sites is 2. The molecule has 0 bridgehead atoms. The number of phenolic OH excluding ortho intramolecular Hbond substituents is 1. The van der Waals surface area contributed by atoms with E-state index in [2.05, 4.69) is 110 Å². The molecule has 0 amide bonds. The molecule has 2 aromatic heterocycles. The minimum Gasteiger partial charge on any atom is -0.506 e. The normalized spacial score (nSPS) is 12.0. The summed E-state index contributed by atoms with van der Waals surface area (Å²) in [5, 5.41) is 11.9. The number of rotatable bonds is 4. The number of nitrogens with zero attached hydrogens (tertiary/aromatic N) is 4. The monoisotopic (exact) mass is 804 g/mol. The molecule has 0 saturated carbocycles. The summed E-state index contributed by atoms with van der Waals surface area (Å²) >= 11 is 0. The Morgan fingerprint density at radius 3 is 2.08 bits per heavy atom. The summed E-state index contributed by atoms with van der Waals surface area (Å²) in [6.45, 7) is 8.59. The number of benzene rings is 5.